The molecule has 1 nitrogen and oxygen atoms in total. The highest BCUT2D eigenvalue weighted by Gasteiger charge is 2.04. The Morgan fingerprint density at radius 2 is 1.89 bits per heavy atom. The normalized spacial score (nSPS) is 11.6. The van der Waals surface area contributed by atoms with Crippen molar-refractivity contribution in [2.45, 2.75) is 6.92 Å². The Hall–Kier alpha value is -1.38. The van der Waals surface area contributed by atoms with Gasteiger partial charge >= 0.3 is 0 Å². The van der Waals surface area contributed by atoms with Crippen LogP contribution in [-0.4, -0.2) is 6.54 Å². The molecule has 0 heterocycles. The fraction of sp³-hybridized carbons (Fsp3) is 0.125. The van der Waals surface area contributed by atoms with Gasteiger partial charge in [0.2, 0.25) is 0 Å². The van der Waals surface area contributed by atoms with Crippen LogP contribution in [-0.2, 0) is 0 Å². The van der Waals surface area contributed by atoms with Gasteiger partial charge in [0.1, 0.15) is 0 Å². The molecule has 0 spiro atoms. The second-order valence-electron chi connectivity index (χ2n) is 4.18. The lowest BCUT2D eigenvalue weighted by Gasteiger charge is -2.08. The third-order valence-electron chi connectivity index (χ3n) is 2.93. The van der Waals surface area contributed by atoms with E-state index in [9.17, 15) is 0 Å². The second kappa shape index (κ2) is 5.98. The van der Waals surface area contributed by atoms with E-state index in [0.29, 0.717) is 6.54 Å². The lowest BCUT2D eigenvalue weighted by molar-refractivity contribution is 1.25. The van der Waals surface area contributed by atoms with Gasteiger partial charge < -0.3 is 5.73 Å². The maximum Gasteiger partial charge on any atom is 0.0259 e. The molecular weight excluding hydrogens is 286 g/mol. The van der Waals surface area contributed by atoms with E-state index < -0.39 is 0 Å². The van der Waals surface area contributed by atoms with Gasteiger partial charge in [0.05, 0.1) is 0 Å². The summed E-state index contributed by atoms with van der Waals surface area (Å²) in [5.74, 6) is 0. The van der Waals surface area contributed by atoms with Crippen LogP contribution in [0.2, 0.25) is 0 Å². The number of allylic oxidation sites excluding steroid dienone is 1. The van der Waals surface area contributed by atoms with Gasteiger partial charge in [-0.15, -0.1) is 0 Å². The van der Waals surface area contributed by atoms with Crippen molar-refractivity contribution in [3.63, 3.8) is 0 Å². The van der Waals surface area contributed by atoms with E-state index in [1.165, 1.54) is 22.3 Å². The molecule has 0 unspecified atom stereocenters. The smallest absolute Gasteiger partial charge is 0.0259 e. The first-order valence-electron chi connectivity index (χ1n) is 5.94. The van der Waals surface area contributed by atoms with E-state index in [4.69, 9.17) is 5.73 Å². The fourth-order valence-electron chi connectivity index (χ4n) is 1.91. The van der Waals surface area contributed by atoms with Gasteiger partial charge in [-0.2, -0.15) is 0 Å². The summed E-state index contributed by atoms with van der Waals surface area (Å²) in [6.07, 6.45) is 2.03. The SMILES string of the molecule is CC(=CCN)c1ccc(-c2ccccc2)c(Br)c1. The molecule has 0 aliphatic carbocycles. The highest BCUT2D eigenvalue weighted by atomic mass is 79.9. The van der Waals surface area contributed by atoms with Crippen LogP contribution in [0.15, 0.2) is 59.1 Å². The largest absolute Gasteiger partial charge is 0.327 e. The van der Waals surface area contributed by atoms with E-state index in [1.54, 1.807) is 0 Å². The Bertz CT molecular complexity index is 559. The van der Waals surface area contributed by atoms with Gasteiger partial charge in [0.15, 0.2) is 0 Å². The summed E-state index contributed by atoms with van der Waals surface area (Å²) in [5.41, 5.74) is 10.4. The predicted octanol–water partition coefficient (Wildman–Crippen LogP) is 4.48. The molecule has 2 rings (SSSR count). The predicted molar refractivity (Wildman–Crippen MR) is 82.3 cm³/mol. The zero-order valence-electron chi connectivity index (χ0n) is 10.4. The van der Waals surface area contributed by atoms with Gasteiger partial charge in [-0.1, -0.05) is 64.5 Å². The Balaban J connectivity index is 2.40. The minimum absolute atomic E-state index is 0.573. The first-order chi connectivity index (χ1) is 8.72. The van der Waals surface area contributed by atoms with Crippen LogP contribution in [0.25, 0.3) is 16.7 Å². The maximum absolute atomic E-state index is 5.54. The molecule has 0 amide bonds. The Morgan fingerprint density at radius 1 is 1.17 bits per heavy atom. The van der Waals surface area contributed by atoms with Crippen molar-refractivity contribution in [1.82, 2.24) is 0 Å². The summed E-state index contributed by atoms with van der Waals surface area (Å²) >= 11 is 3.64. The topological polar surface area (TPSA) is 26.0 Å². The van der Waals surface area contributed by atoms with E-state index in [1.807, 2.05) is 12.1 Å². The molecule has 0 saturated heterocycles. The van der Waals surface area contributed by atoms with Gasteiger partial charge in [-0.25, -0.2) is 0 Å². The highest BCUT2D eigenvalue weighted by Crippen LogP contribution is 2.30. The molecule has 0 bridgehead atoms. The van der Waals surface area contributed by atoms with Crippen LogP contribution in [0.5, 0.6) is 0 Å². The summed E-state index contributed by atoms with van der Waals surface area (Å²) < 4.78 is 1.11. The van der Waals surface area contributed by atoms with Gasteiger partial charge in [0, 0.05) is 11.0 Å². The third kappa shape index (κ3) is 2.89. The minimum Gasteiger partial charge on any atom is -0.327 e. The monoisotopic (exact) mass is 301 g/mol. The molecule has 0 atom stereocenters. The van der Waals surface area contributed by atoms with Gasteiger partial charge in [-0.3, -0.25) is 0 Å². The lowest BCUT2D eigenvalue weighted by Crippen LogP contribution is -1.94. The second-order valence-corrected chi connectivity index (χ2v) is 5.04. The van der Waals surface area contributed by atoms with Crippen molar-refractivity contribution in [3.05, 3.63) is 64.6 Å². The van der Waals surface area contributed by atoms with E-state index in [2.05, 4.69) is 65.3 Å². The molecule has 2 N–H and O–H groups in total. The molecule has 2 heteroatoms. The average molecular weight is 302 g/mol. The fourth-order valence-corrected chi connectivity index (χ4v) is 2.51. The van der Waals surface area contributed by atoms with Crippen LogP contribution in [0.1, 0.15) is 12.5 Å². The molecule has 92 valence electrons. The first-order valence-corrected chi connectivity index (χ1v) is 6.74. The van der Waals surface area contributed by atoms with Gasteiger partial charge in [-0.05, 0) is 35.3 Å². The van der Waals surface area contributed by atoms with Crippen LogP contribution in [0.4, 0.5) is 0 Å². The van der Waals surface area contributed by atoms with Crippen molar-refractivity contribution in [3.8, 4) is 11.1 Å². The number of benzene rings is 2. The Morgan fingerprint density at radius 3 is 2.50 bits per heavy atom. The number of halogens is 1. The van der Waals surface area contributed by atoms with Gasteiger partial charge in [0.25, 0.3) is 0 Å². The zero-order chi connectivity index (χ0) is 13.0. The molecule has 0 aromatic heterocycles. The van der Waals surface area contributed by atoms with Crippen molar-refractivity contribution >= 4 is 21.5 Å². The molecule has 2 aromatic carbocycles. The maximum atomic E-state index is 5.54. The van der Waals surface area contributed by atoms with Crippen LogP contribution in [0, 0.1) is 0 Å². The molecule has 2 aromatic rings. The summed E-state index contributed by atoms with van der Waals surface area (Å²) in [7, 11) is 0. The molecule has 0 saturated carbocycles. The van der Waals surface area contributed by atoms with Crippen molar-refractivity contribution in [2.24, 2.45) is 5.73 Å². The summed E-state index contributed by atoms with van der Waals surface area (Å²) in [6, 6.07) is 16.8. The quantitative estimate of drug-likeness (QED) is 0.889. The molecule has 0 fully saturated rings. The van der Waals surface area contributed by atoms with Crippen molar-refractivity contribution in [2.75, 3.05) is 6.54 Å². The summed E-state index contributed by atoms with van der Waals surface area (Å²) in [6.45, 7) is 2.65. The molecule has 0 radical (unpaired) electrons. The third-order valence-corrected chi connectivity index (χ3v) is 3.59. The summed E-state index contributed by atoms with van der Waals surface area (Å²) in [5, 5.41) is 0. The van der Waals surface area contributed by atoms with E-state index >= 15 is 0 Å². The lowest BCUT2D eigenvalue weighted by atomic mass is 10.0. The van der Waals surface area contributed by atoms with Crippen LogP contribution >= 0.6 is 15.9 Å². The van der Waals surface area contributed by atoms with Crippen molar-refractivity contribution in [1.29, 1.82) is 0 Å². The van der Waals surface area contributed by atoms with Crippen molar-refractivity contribution < 1.29 is 0 Å². The van der Waals surface area contributed by atoms with E-state index in [-0.39, 0.29) is 0 Å². The number of hydrogen-bond acceptors (Lipinski definition) is 1. The van der Waals surface area contributed by atoms with Crippen LogP contribution < -0.4 is 5.73 Å². The highest BCUT2D eigenvalue weighted by molar-refractivity contribution is 9.10. The Labute approximate surface area is 116 Å². The standard InChI is InChI=1S/C16H16BrN/c1-12(9-10-18)14-7-8-15(16(17)11-14)13-5-3-2-4-6-13/h2-9,11H,10,18H2,1H3. The molecule has 18 heavy (non-hydrogen) atoms. The Kier molecular flexibility index (Phi) is 4.34. The zero-order valence-corrected chi connectivity index (χ0v) is 11.9. The number of rotatable bonds is 3. The number of nitrogens with two attached hydrogens (primary N) is 1. The summed E-state index contributed by atoms with van der Waals surface area (Å²) in [4.78, 5) is 0. The minimum atomic E-state index is 0.573. The number of hydrogen-bond donors (Lipinski definition) is 1. The van der Waals surface area contributed by atoms with Crippen LogP contribution in [0.3, 0.4) is 0 Å². The average Bonchev–Trinajstić information content (AvgIpc) is 2.40. The molecule has 0 aliphatic heterocycles. The molecule has 0 aliphatic rings. The molecular formula is C16H16BrN. The van der Waals surface area contributed by atoms with E-state index in [0.717, 1.165) is 4.47 Å². The first kappa shape index (κ1) is 13.1.